The van der Waals surface area contributed by atoms with E-state index in [2.05, 4.69) is 37.4 Å². The molecule has 27 heavy (non-hydrogen) atoms. The molecule has 4 rings (SSSR count). The van der Waals surface area contributed by atoms with E-state index >= 15 is 0 Å². The summed E-state index contributed by atoms with van der Waals surface area (Å²) in [5.74, 6) is 0.194. The summed E-state index contributed by atoms with van der Waals surface area (Å²) in [7, 11) is 0. The summed E-state index contributed by atoms with van der Waals surface area (Å²) in [5, 5.41) is 15.7. The second-order valence-corrected chi connectivity index (χ2v) is 6.76. The second kappa shape index (κ2) is 6.63. The monoisotopic (exact) mass is 420 g/mol. The minimum atomic E-state index is -0.488. The van der Waals surface area contributed by atoms with E-state index in [4.69, 9.17) is 5.73 Å². The van der Waals surface area contributed by atoms with E-state index < -0.39 is 5.91 Å². The molecular weight excluding hydrogens is 408 g/mol. The first-order valence-corrected chi connectivity index (χ1v) is 8.79. The number of aromatic amines is 1. The number of benzene rings is 2. The molecule has 4 aromatic rings. The lowest BCUT2D eigenvalue weighted by atomic mass is 10.1. The third kappa shape index (κ3) is 3.05. The maximum atomic E-state index is 11.3. The Kier molecular flexibility index (Phi) is 4.14. The SMILES string of the molecule is N#Cc1c[nH]n2c(Nc3ccc(Br)cc3)c(-c3ccc(C(N)=O)cc3)nc12. The van der Waals surface area contributed by atoms with Gasteiger partial charge in [-0.1, -0.05) is 28.1 Å². The summed E-state index contributed by atoms with van der Waals surface area (Å²) in [4.78, 5) is 15.9. The molecule has 2 heterocycles. The largest absolute Gasteiger partial charge is 0.366 e. The number of hydrogen-bond donors (Lipinski definition) is 3. The standard InChI is InChI=1S/C19H13BrN6O/c20-14-5-7-15(8-6-14)24-19-16(11-1-3-12(4-2-11)17(22)27)25-18-13(9-21)10-23-26(18)19/h1-8,10,23-24H,(H2,22,27). The number of carbonyl (C=O) groups excluding carboxylic acids is 1. The molecule has 8 heteroatoms. The van der Waals surface area contributed by atoms with Crippen LogP contribution in [0.4, 0.5) is 11.5 Å². The number of rotatable bonds is 4. The average Bonchev–Trinajstić information content (AvgIpc) is 3.23. The second-order valence-electron chi connectivity index (χ2n) is 5.84. The Hall–Kier alpha value is -3.57. The molecule has 0 unspecified atom stereocenters. The summed E-state index contributed by atoms with van der Waals surface area (Å²) in [6.45, 7) is 0. The number of anilines is 2. The molecular formula is C19H13BrN6O. The van der Waals surface area contributed by atoms with E-state index in [1.165, 1.54) is 0 Å². The number of nitrogens with two attached hydrogens (primary N) is 1. The summed E-state index contributed by atoms with van der Waals surface area (Å²) in [5.41, 5.74) is 9.00. The molecule has 2 aromatic heterocycles. The van der Waals surface area contributed by atoms with Crippen LogP contribution in [0.5, 0.6) is 0 Å². The molecule has 4 N–H and O–H groups in total. The predicted molar refractivity (Wildman–Crippen MR) is 106 cm³/mol. The fraction of sp³-hybridized carbons (Fsp3) is 0. The first-order chi connectivity index (χ1) is 13.1. The van der Waals surface area contributed by atoms with Crippen molar-refractivity contribution in [3.05, 3.63) is 70.3 Å². The Balaban J connectivity index is 1.85. The molecule has 0 spiro atoms. The van der Waals surface area contributed by atoms with Crippen molar-refractivity contribution >= 4 is 39.0 Å². The normalized spacial score (nSPS) is 10.7. The third-order valence-electron chi connectivity index (χ3n) is 4.13. The van der Waals surface area contributed by atoms with Gasteiger partial charge in [0, 0.05) is 27.5 Å². The highest BCUT2D eigenvalue weighted by Gasteiger charge is 2.18. The number of fused-ring (bicyclic) bond motifs is 1. The Morgan fingerprint density at radius 1 is 1.19 bits per heavy atom. The summed E-state index contributed by atoms with van der Waals surface area (Å²) >= 11 is 3.42. The number of halogens is 1. The fourth-order valence-corrected chi connectivity index (χ4v) is 3.05. The van der Waals surface area contributed by atoms with Crippen LogP contribution in [0.3, 0.4) is 0 Å². The van der Waals surface area contributed by atoms with Gasteiger partial charge < -0.3 is 11.1 Å². The van der Waals surface area contributed by atoms with Gasteiger partial charge >= 0.3 is 0 Å². The molecule has 0 saturated heterocycles. The minimum Gasteiger partial charge on any atom is -0.366 e. The van der Waals surface area contributed by atoms with Crippen molar-refractivity contribution in [3.63, 3.8) is 0 Å². The van der Waals surface area contributed by atoms with E-state index in [1.54, 1.807) is 35.0 Å². The molecule has 2 aromatic carbocycles. The van der Waals surface area contributed by atoms with Crippen molar-refractivity contribution in [2.24, 2.45) is 5.73 Å². The highest BCUT2D eigenvalue weighted by atomic mass is 79.9. The molecule has 0 fully saturated rings. The van der Waals surface area contributed by atoms with E-state index in [9.17, 15) is 10.1 Å². The lowest BCUT2D eigenvalue weighted by Crippen LogP contribution is -2.10. The third-order valence-corrected chi connectivity index (χ3v) is 4.66. The van der Waals surface area contributed by atoms with Gasteiger partial charge in [0.15, 0.2) is 11.5 Å². The van der Waals surface area contributed by atoms with Crippen LogP contribution in [0.15, 0.2) is 59.2 Å². The lowest BCUT2D eigenvalue weighted by molar-refractivity contribution is 0.100. The van der Waals surface area contributed by atoms with Crippen LogP contribution in [0.1, 0.15) is 15.9 Å². The number of nitrogens with one attached hydrogen (secondary N) is 2. The van der Waals surface area contributed by atoms with E-state index in [-0.39, 0.29) is 0 Å². The smallest absolute Gasteiger partial charge is 0.248 e. The molecule has 132 valence electrons. The Morgan fingerprint density at radius 2 is 1.89 bits per heavy atom. The Labute approximate surface area is 162 Å². The first kappa shape index (κ1) is 16.9. The zero-order valence-electron chi connectivity index (χ0n) is 13.9. The molecule has 0 aliphatic carbocycles. The molecule has 0 aliphatic rings. The van der Waals surface area contributed by atoms with E-state index in [0.717, 1.165) is 15.7 Å². The molecule has 0 radical (unpaired) electrons. The van der Waals surface area contributed by atoms with Crippen LogP contribution in [-0.4, -0.2) is 20.5 Å². The van der Waals surface area contributed by atoms with Gasteiger partial charge in [-0.25, -0.2) is 9.50 Å². The van der Waals surface area contributed by atoms with Crippen molar-refractivity contribution in [3.8, 4) is 17.3 Å². The van der Waals surface area contributed by atoms with Gasteiger partial charge in [0.1, 0.15) is 17.3 Å². The van der Waals surface area contributed by atoms with Crippen molar-refractivity contribution in [2.45, 2.75) is 0 Å². The fourth-order valence-electron chi connectivity index (χ4n) is 2.78. The summed E-state index contributed by atoms with van der Waals surface area (Å²) in [6.07, 6.45) is 1.61. The van der Waals surface area contributed by atoms with Crippen LogP contribution in [0, 0.1) is 11.3 Å². The highest BCUT2D eigenvalue weighted by molar-refractivity contribution is 9.10. The Morgan fingerprint density at radius 3 is 2.52 bits per heavy atom. The lowest BCUT2D eigenvalue weighted by Gasteiger charge is -2.08. The van der Waals surface area contributed by atoms with Gasteiger partial charge in [0.25, 0.3) is 0 Å². The van der Waals surface area contributed by atoms with E-state index in [0.29, 0.717) is 28.3 Å². The van der Waals surface area contributed by atoms with Gasteiger partial charge in [-0.2, -0.15) is 5.26 Å². The van der Waals surface area contributed by atoms with Gasteiger partial charge in [-0.15, -0.1) is 0 Å². The van der Waals surface area contributed by atoms with Crippen LogP contribution in [0.2, 0.25) is 0 Å². The maximum Gasteiger partial charge on any atom is 0.248 e. The van der Waals surface area contributed by atoms with Gasteiger partial charge in [-0.05, 0) is 36.4 Å². The number of carbonyl (C=O) groups is 1. The van der Waals surface area contributed by atoms with Crippen LogP contribution < -0.4 is 11.1 Å². The molecule has 1 amide bonds. The number of amides is 1. The first-order valence-electron chi connectivity index (χ1n) is 7.99. The van der Waals surface area contributed by atoms with Crippen molar-refractivity contribution in [2.75, 3.05) is 5.32 Å². The number of primary amides is 1. The van der Waals surface area contributed by atoms with Crippen molar-refractivity contribution in [1.29, 1.82) is 5.26 Å². The number of nitrogens with zero attached hydrogens (tertiary/aromatic N) is 3. The van der Waals surface area contributed by atoms with Gasteiger partial charge in [0.2, 0.25) is 5.91 Å². The van der Waals surface area contributed by atoms with Crippen LogP contribution in [-0.2, 0) is 0 Å². The topological polar surface area (TPSA) is 112 Å². The Bertz CT molecular complexity index is 1180. The summed E-state index contributed by atoms with van der Waals surface area (Å²) in [6, 6.07) is 16.7. The number of hydrogen-bond acceptors (Lipinski definition) is 4. The van der Waals surface area contributed by atoms with Crippen molar-refractivity contribution in [1.82, 2.24) is 14.6 Å². The molecule has 0 atom stereocenters. The minimum absolute atomic E-state index is 0.420. The molecule has 7 nitrogen and oxygen atoms in total. The van der Waals surface area contributed by atoms with E-state index in [1.807, 2.05) is 24.3 Å². The zero-order valence-corrected chi connectivity index (χ0v) is 15.5. The quantitative estimate of drug-likeness (QED) is 0.465. The number of H-pyrrole nitrogens is 1. The zero-order chi connectivity index (χ0) is 19.0. The van der Waals surface area contributed by atoms with Gasteiger partial charge in [0.05, 0.1) is 0 Å². The predicted octanol–water partition coefficient (Wildman–Crippen LogP) is 3.81. The number of nitriles is 1. The summed E-state index contributed by atoms with van der Waals surface area (Å²) < 4.78 is 2.69. The maximum absolute atomic E-state index is 11.3. The molecule has 0 bridgehead atoms. The molecule has 0 aliphatic heterocycles. The van der Waals surface area contributed by atoms with Crippen LogP contribution >= 0.6 is 15.9 Å². The number of aromatic nitrogens is 3. The van der Waals surface area contributed by atoms with Gasteiger partial charge in [-0.3, -0.25) is 9.89 Å². The highest BCUT2D eigenvalue weighted by Crippen LogP contribution is 2.32. The molecule has 0 saturated carbocycles. The van der Waals surface area contributed by atoms with Crippen LogP contribution in [0.25, 0.3) is 16.9 Å². The average molecular weight is 421 g/mol. The number of imidazole rings is 1. The van der Waals surface area contributed by atoms with Crippen molar-refractivity contribution < 1.29 is 4.79 Å².